The zero-order valence-electron chi connectivity index (χ0n) is 9.09. The van der Waals surface area contributed by atoms with Gasteiger partial charge in [0, 0.05) is 49.6 Å². The van der Waals surface area contributed by atoms with Crippen LogP contribution in [0.4, 0.5) is 0 Å². The second-order valence-electron chi connectivity index (χ2n) is 2.57. The van der Waals surface area contributed by atoms with Crippen LogP contribution in [-0.2, 0) is 0 Å². The van der Waals surface area contributed by atoms with Crippen LogP contribution in [-0.4, -0.2) is 30.4 Å². The Balaban J connectivity index is 0.000000128. The minimum atomic E-state index is 1.64. The molecule has 17 heavy (non-hydrogen) atoms. The van der Waals surface area contributed by atoms with Crippen LogP contribution in [0.25, 0.3) is 0 Å². The third-order valence-corrected chi connectivity index (χ3v) is 1.37. The first-order valence-corrected chi connectivity index (χ1v) is 4.85. The second kappa shape index (κ2) is 9.91. The van der Waals surface area contributed by atoms with E-state index in [4.69, 9.17) is 0 Å². The summed E-state index contributed by atoms with van der Waals surface area (Å²) in [4.78, 5) is 7.44. The summed E-state index contributed by atoms with van der Waals surface area (Å²) in [5.74, 6) is 0. The molecule has 3 aromatic rings. The summed E-state index contributed by atoms with van der Waals surface area (Å²) < 4.78 is 0. The van der Waals surface area contributed by atoms with Crippen LogP contribution in [0.5, 0.6) is 0 Å². The molecule has 0 saturated heterocycles. The Hall–Kier alpha value is -2.63. The minimum absolute atomic E-state index is 1.64. The zero-order chi connectivity index (χ0) is 12.0. The van der Waals surface area contributed by atoms with Crippen LogP contribution < -0.4 is 0 Å². The molecule has 0 aromatic carbocycles. The lowest BCUT2D eigenvalue weighted by Gasteiger charge is -1.70. The molecule has 3 rings (SSSR count). The van der Waals surface area contributed by atoms with Crippen molar-refractivity contribution in [1.82, 2.24) is 30.4 Å². The SMILES string of the molecule is c1ccnnc1.c1cn[nH]c1.c1cnccn1. The quantitative estimate of drug-likeness (QED) is 0.628. The van der Waals surface area contributed by atoms with Gasteiger partial charge in [-0.05, 0) is 18.2 Å². The fourth-order valence-electron chi connectivity index (χ4n) is 0.722. The Morgan fingerprint density at radius 2 is 1.18 bits per heavy atom. The maximum atomic E-state index is 3.72. The molecule has 1 N–H and O–H groups in total. The van der Waals surface area contributed by atoms with Crippen LogP contribution in [0.1, 0.15) is 0 Å². The molecule has 86 valence electrons. The van der Waals surface area contributed by atoms with Crippen LogP contribution in [0.15, 0.2) is 67.8 Å². The zero-order valence-corrected chi connectivity index (χ0v) is 9.09. The molecular formula is C11H12N6. The lowest BCUT2D eigenvalue weighted by molar-refractivity contribution is 1.03. The molecule has 0 atom stereocenters. The van der Waals surface area contributed by atoms with Gasteiger partial charge in [0.05, 0.1) is 0 Å². The molecule has 3 heterocycles. The van der Waals surface area contributed by atoms with Gasteiger partial charge in [0.15, 0.2) is 0 Å². The molecule has 6 heteroatoms. The van der Waals surface area contributed by atoms with E-state index >= 15 is 0 Å². The first kappa shape index (κ1) is 12.4. The molecular weight excluding hydrogens is 216 g/mol. The Labute approximate surface area is 98.8 Å². The van der Waals surface area contributed by atoms with Gasteiger partial charge in [-0.3, -0.25) is 15.1 Å². The molecule has 0 bridgehead atoms. The van der Waals surface area contributed by atoms with Gasteiger partial charge in [-0.1, -0.05) is 0 Å². The Morgan fingerprint density at radius 1 is 0.588 bits per heavy atom. The lowest BCUT2D eigenvalue weighted by atomic mass is 10.6. The van der Waals surface area contributed by atoms with Gasteiger partial charge in [-0.25, -0.2) is 0 Å². The van der Waals surface area contributed by atoms with Gasteiger partial charge in [0.1, 0.15) is 0 Å². The van der Waals surface area contributed by atoms with Crippen molar-refractivity contribution in [3.8, 4) is 0 Å². The topological polar surface area (TPSA) is 80.2 Å². The van der Waals surface area contributed by atoms with E-state index in [-0.39, 0.29) is 0 Å². The van der Waals surface area contributed by atoms with E-state index in [1.165, 1.54) is 0 Å². The van der Waals surface area contributed by atoms with Crippen LogP contribution >= 0.6 is 0 Å². The third kappa shape index (κ3) is 8.37. The Kier molecular flexibility index (Phi) is 7.25. The van der Waals surface area contributed by atoms with Crippen molar-refractivity contribution in [2.24, 2.45) is 0 Å². The highest BCUT2D eigenvalue weighted by Gasteiger charge is 1.60. The number of nitrogens with zero attached hydrogens (tertiary/aromatic N) is 5. The molecule has 0 aliphatic heterocycles. The van der Waals surface area contributed by atoms with E-state index in [2.05, 4.69) is 30.4 Å². The molecule has 0 fully saturated rings. The fourth-order valence-corrected chi connectivity index (χ4v) is 0.722. The van der Waals surface area contributed by atoms with E-state index in [0.717, 1.165) is 0 Å². The van der Waals surface area contributed by atoms with Gasteiger partial charge >= 0.3 is 0 Å². The molecule has 0 aliphatic rings. The third-order valence-electron chi connectivity index (χ3n) is 1.37. The highest BCUT2D eigenvalue weighted by molar-refractivity contribution is 4.79. The van der Waals surface area contributed by atoms with Crippen molar-refractivity contribution in [1.29, 1.82) is 0 Å². The average molecular weight is 228 g/mol. The highest BCUT2D eigenvalue weighted by Crippen LogP contribution is 1.68. The van der Waals surface area contributed by atoms with Gasteiger partial charge in [-0.15, -0.1) is 0 Å². The summed E-state index contributed by atoms with van der Waals surface area (Å²) in [5.41, 5.74) is 0. The number of rotatable bonds is 0. The molecule has 0 aliphatic carbocycles. The number of aromatic amines is 1. The first-order chi connectivity index (χ1) is 8.50. The second-order valence-corrected chi connectivity index (χ2v) is 2.57. The fraction of sp³-hybridized carbons (Fsp3) is 0. The lowest BCUT2D eigenvalue weighted by Crippen LogP contribution is -1.69. The summed E-state index contributed by atoms with van der Waals surface area (Å²) in [6, 6.07) is 5.49. The minimum Gasteiger partial charge on any atom is -0.286 e. The van der Waals surface area contributed by atoms with E-state index in [9.17, 15) is 0 Å². The summed E-state index contributed by atoms with van der Waals surface area (Å²) in [5, 5.41) is 13.3. The number of nitrogens with one attached hydrogen (secondary N) is 1. The van der Waals surface area contributed by atoms with E-state index in [1.54, 1.807) is 49.6 Å². The van der Waals surface area contributed by atoms with E-state index in [0.29, 0.717) is 0 Å². The maximum absolute atomic E-state index is 3.72. The van der Waals surface area contributed by atoms with Crippen molar-refractivity contribution < 1.29 is 0 Å². The Morgan fingerprint density at radius 3 is 1.35 bits per heavy atom. The summed E-state index contributed by atoms with van der Waals surface area (Å²) in [6.45, 7) is 0. The molecule has 0 amide bonds. The molecule has 0 spiro atoms. The Bertz CT molecular complexity index is 326. The molecule has 3 aromatic heterocycles. The van der Waals surface area contributed by atoms with Crippen molar-refractivity contribution in [3.05, 3.63) is 67.8 Å². The average Bonchev–Trinajstić information content (AvgIpc) is 3.03. The van der Waals surface area contributed by atoms with Crippen LogP contribution in [0.3, 0.4) is 0 Å². The van der Waals surface area contributed by atoms with Crippen molar-refractivity contribution in [2.75, 3.05) is 0 Å². The van der Waals surface area contributed by atoms with Crippen LogP contribution in [0, 0.1) is 0 Å². The van der Waals surface area contributed by atoms with Crippen molar-refractivity contribution in [3.63, 3.8) is 0 Å². The number of aromatic nitrogens is 6. The van der Waals surface area contributed by atoms with Gasteiger partial charge in [0.25, 0.3) is 0 Å². The molecule has 0 saturated carbocycles. The van der Waals surface area contributed by atoms with Crippen molar-refractivity contribution in [2.45, 2.75) is 0 Å². The molecule has 6 nitrogen and oxygen atoms in total. The summed E-state index contributed by atoms with van der Waals surface area (Å²) >= 11 is 0. The molecule has 0 unspecified atom stereocenters. The number of H-pyrrole nitrogens is 1. The maximum Gasteiger partial charge on any atom is 0.0496 e. The first-order valence-electron chi connectivity index (χ1n) is 4.85. The molecule has 0 radical (unpaired) electrons. The number of hydrogen-bond acceptors (Lipinski definition) is 5. The standard InChI is InChI=1S/2C4H4N2.C3H4N2/c1-2-6-4-3-5-1;1-2-4-6-5-3-1;1-2-4-5-3-1/h2*1-4H;1-3H,(H,4,5). The van der Waals surface area contributed by atoms with Gasteiger partial charge < -0.3 is 0 Å². The monoisotopic (exact) mass is 228 g/mol. The summed E-state index contributed by atoms with van der Waals surface area (Å²) in [7, 11) is 0. The predicted octanol–water partition coefficient (Wildman–Crippen LogP) is 1.36. The van der Waals surface area contributed by atoms with E-state index in [1.807, 2.05) is 18.2 Å². The highest BCUT2D eigenvalue weighted by atomic mass is 15.1. The van der Waals surface area contributed by atoms with Crippen molar-refractivity contribution >= 4 is 0 Å². The smallest absolute Gasteiger partial charge is 0.0496 e. The normalized spacial score (nSPS) is 8.00. The number of hydrogen-bond donors (Lipinski definition) is 1. The predicted molar refractivity (Wildman–Crippen MR) is 62.7 cm³/mol. The summed E-state index contributed by atoms with van der Waals surface area (Å²) in [6.07, 6.45) is 13.3. The largest absolute Gasteiger partial charge is 0.286 e. The van der Waals surface area contributed by atoms with Crippen LogP contribution in [0.2, 0.25) is 0 Å². The van der Waals surface area contributed by atoms with E-state index < -0.39 is 0 Å². The van der Waals surface area contributed by atoms with Gasteiger partial charge in [-0.2, -0.15) is 15.3 Å². The van der Waals surface area contributed by atoms with Gasteiger partial charge in [0.2, 0.25) is 0 Å².